The second-order valence-corrected chi connectivity index (χ2v) is 8.77. The number of ether oxygens (including phenoxy) is 1. The molecule has 2 rings (SSSR count). The van der Waals surface area contributed by atoms with E-state index in [4.69, 9.17) is 16.3 Å². The molecule has 27 heavy (non-hydrogen) atoms. The molecule has 0 radical (unpaired) electrons. The molecule has 0 spiro atoms. The molecule has 0 aromatic heterocycles. The summed E-state index contributed by atoms with van der Waals surface area (Å²) in [4.78, 5) is 12.3. The average Bonchev–Trinajstić information content (AvgIpc) is 2.63. The summed E-state index contributed by atoms with van der Waals surface area (Å²) in [5.41, 5.74) is 0.584. The Hall–Kier alpha value is -1.61. The van der Waals surface area contributed by atoms with Gasteiger partial charge in [-0.25, -0.2) is 8.42 Å². The van der Waals surface area contributed by atoms with Gasteiger partial charge in [-0.1, -0.05) is 34.5 Å². The highest BCUT2D eigenvalue weighted by atomic mass is 79.9. The summed E-state index contributed by atoms with van der Waals surface area (Å²) in [6.07, 6.45) is 0. The summed E-state index contributed by atoms with van der Waals surface area (Å²) < 4.78 is 33.0. The fourth-order valence-electron chi connectivity index (χ4n) is 2.32. The van der Waals surface area contributed by atoms with E-state index in [1.54, 1.807) is 31.2 Å². The first-order chi connectivity index (χ1) is 12.8. The lowest BCUT2D eigenvalue weighted by Gasteiger charge is -2.20. The quantitative estimate of drug-likeness (QED) is 0.622. The summed E-state index contributed by atoms with van der Waals surface area (Å²) in [7, 11) is -3.87. The van der Waals surface area contributed by atoms with Crippen molar-refractivity contribution in [1.82, 2.24) is 4.31 Å². The van der Waals surface area contributed by atoms with Crippen LogP contribution in [0.2, 0.25) is 5.02 Å². The van der Waals surface area contributed by atoms with Crippen LogP contribution in [0, 0.1) is 0 Å². The van der Waals surface area contributed by atoms with Crippen molar-refractivity contribution in [2.45, 2.75) is 18.7 Å². The van der Waals surface area contributed by atoms with Gasteiger partial charge in [0.15, 0.2) is 0 Å². The van der Waals surface area contributed by atoms with Crippen molar-refractivity contribution in [3.63, 3.8) is 0 Å². The van der Waals surface area contributed by atoms with Crippen LogP contribution in [0.15, 0.2) is 51.8 Å². The molecule has 9 heteroatoms. The summed E-state index contributed by atoms with van der Waals surface area (Å²) in [6, 6.07) is 11.3. The number of hydrogen-bond acceptors (Lipinski definition) is 4. The zero-order valence-electron chi connectivity index (χ0n) is 14.9. The van der Waals surface area contributed by atoms with E-state index in [9.17, 15) is 13.2 Å². The molecular weight excluding hydrogens is 456 g/mol. The zero-order chi connectivity index (χ0) is 20.0. The number of amides is 1. The third-order valence-electron chi connectivity index (χ3n) is 3.64. The van der Waals surface area contributed by atoms with Gasteiger partial charge in [0.05, 0.1) is 23.1 Å². The van der Waals surface area contributed by atoms with Crippen molar-refractivity contribution < 1.29 is 17.9 Å². The molecule has 0 aliphatic carbocycles. The molecule has 6 nitrogen and oxygen atoms in total. The van der Waals surface area contributed by atoms with Gasteiger partial charge in [0.1, 0.15) is 5.75 Å². The molecule has 0 aliphatic heterocycles. The largest absolute Gasteiger partial charge is 0.492 e. The molecule has 0 heterocycles. The number of anilines is 1. The molecule has 0 saturated carbocycles. The maximum atomic E-state index is 12.9. The normalized spacial score (nSPS) is 11.4. The second-order valence-electron chi connectivity index (χ2n) is 5.51. The number of benzene rings is 2. The lowest BCUT2D eigenvalue weighted by molar-refractivity contribution is -0.116. The predicted molar refractivity (Wildman–Crippen MR) is 110 cm³/mol. The minimum atomic E-state index is -3.87. The molecule has 0 saturated heterocycles. The number of nitrogens with zero attached hydrogens (tertiary/aromatic N) is 1. The van der Waals surface area contributed by atoms with Crippen LogP contribution in [0.1, 0.15) is 13.8 Å². The van der Waals surface area contributed by atoms with Crippen molar-refractivity contribution >= 4 is 49.1 Å². The maximum absolute atomic E-state index is 12.9. The molecule has 0 unspecified atom stereocenters. The molecule has 1 N–H and O–H groups in total. The molecule has 0 fully saturated rings. The molecule has 0 atom stereocenters. The molecule has 2 aromatic carbocycles. The first-order valence-electron chi connectivity index (χ1n) is 8.25. The highest BCUT2D eigenvalue weighted by Gasteiger charge is 2.26. The van der Waals surface area contributed by atoms with E-state index in [-0.39, 0.29) is 23.0 Å². The standard InChI is InChI=1S/C18H20BrClN2O4S/c1-3-22(12-18(23)21-14-7-5-13(19)6-8-14)27(24,25)15-9-10-17(26-4-2)16(20)11-15/h5-11H,3-4,12H2,1-2H3,(H,21,23). The topological polar surface area (TPSA) is 75.7 Å². The Kier molecular flexibility index (Phi) is 7.67. The van der Waals surface area contributed by atoms with Crippen molar-refractivity contribution in [2.75, 3.05) is 25.0 Å². The van der Waals surface area contributed by atoms with Gasteiger partial charge in [-0.05, 0) is 49.4 Å². The van der Waals surface area contributed by atoms with E-state index in [1.165, 1.54) is 18.2 Å². The number of likely N-dealkylation sites (N-methyl/N-ethyl adjacent to an activating group) is 1. The highest BCUT2D eigenvalue weighted by Crippen LogP contribution is 2.28. The number of sulfonamides is 1. The van der Waals surface area contributed by atoms with Gasteiger partial charge in [-0.15, -0.1) is 0 Å². The van der Waals surface area contributed by atoms with Gasteiger partial charge in [-0.2, -0.15) is 4.31 Å². The van der Waals surface area contributed by atoms with Gasteiger partial charge < -0.3 is 10.1 Å². The Bertz CT molecular complexity index is 904. The fourth-order valence-corrected chi connectivity index (χ4v) is 4.32. The summed E-state index contributed by atoms with van der Waals surface area (Å²) in [6.45, 7) is 3.73. The van der Waals surface area contributed by atoms with Gasteiger partial charge in [0.25, 0.3) is 0 Å². The molecule has 0 bridgehead atoms. The van der Waals surface area contributed by atoms with Crippen LogP contribution >= 0.6 is 27.5 Å². The third kappa shape index (κ3) is 5.68. The van der Waals surface area contributed by atoms with Crippen LogP contribution in [0.4, 0.5) is 5.69 Å². The monoisotopic (exact) mass is 474 g/mol. The summed E-state index contributed by atoms with van der Waals surface area (Å²) >= 11 is 9.41. The zero-order valence-corrected chi connectivity index (χ0v) is 18.1. The predicted octanol–water partition coefficient (Wildman–Crippen LogP) is 4.15. The smallest absolute Gasteiger partial charge is 0.243 e. The second kappa shape index (κ2) is 9.54. The van der Waals surface area contributed by atoms with Crippen LogP contribution in [-0.2, 0) is 14.8 Å². The van der Waals surface area contributed by atoms with Gasteiger partial charge in [0.2, 0.25) is 15.9 Å². The number of rotatable bonds is 8. The molecular formula is C18H20BrClN2O4S. The van der Waals surface area contributed by atoms with E-state index < -0.39 is 15.9 Å². The molecule has 0 aliphatic rings. The molecule has 1 amide bonds. The number of halogens is 2. The van der Waals surface area contributed by atoms with Crippen molar-refractivity contribution in [3.05, 3.63) is 52.0 Å². The van der Waals surface area contributed by atoms with E-state index in [0.717, 1.165) is 8.78 Å². The number of carbonyl (C=O) groups is 1. The Balaban J connectivity index is 2.15. The highest BCUT2D eigenvalue weighted by molar-refractivity contribution is 9.10. The first-order valence-corrected chi connectivity index (χ1v) is 10.9. The number of carbonyl (C=O) groups excluding carboxylic acids is 1. The Morgan fingerprint density at radius 2 is 1.85 bits per heavy atom. The Morgan fingerprint density at radius 3 is 2.41 bits per heavy atom. The van der Waals surface area contributed by atoms with Crippen LogP contribution in [0.3, 0.4) is 0 Å². The summed E-state index contributed by atoms with van der Waals surface area (Å²) in [5, 5.41) is 2.88. The van der Waals surface area contributed by atoms with Crippen molar-refractivity contribution in [2.24, 2.45) is 0 Å². The van der Waals surface area contributed by atoms with E-state index in [1.807, 2.05) is 6.92 Å². The van der Waals surface area contributed by atoms with Crippen LogP contribution in [0.25, 0.3) is 0 Å². The Morgan fingerprint density at radius 1 is 1.19 bits per heavy atom. The van der Waals surface area contributed by atoms with Crippen molar-refractivity contribution in [1.29, 1.82) is 0 Å². The van der Waals surface area contributed by atoms with E-state index >= 15 is 0 Å². The van der Waals surface area contributed by atoms with Gasteiger partial charge >= 0.3 is 0 Å². The summed E-state index contributed by atoms with van der Waals surface area (Å²) in [5.74, 6) is -0.0195. The lowest BCUT2D eigenvalue weighted by atomic mass is 10.3. The van der Waals surface area contributed by atoms with E-state index in [0.29, 0.717) is 18.0 Å². The van der Waals surface area contributed by atoms with Crippen LogP contribution < -0.4 is 10.1 Å². The molecule has 2 aromatic rings. The average molecular weight is 476 g/mol. The van der Waals surface area contributed by atoms with Gasteiger partial charge in [0, 0.05) is 16.7 Å². The van der Waals surface area contributed by atoms with E-state index in [2.05, 4.69) is 21.2 Å². The lowest BCUT2D eigenvalue weighted by Crippen LogP contribution is -2.37. The third-order valence-corrected chi connectivity index (χ3v) is 6.38. The maximum Gasteiger partial charge on any atom is 0.243 e. The van der Waals surface area contributed by atoms with Crippen molar-refractivity contribution in [3.8, 4) is 5.75 Å². The SMILES string of the molecule is CCOc1ccc(S(=O)(=O)N(CC)CC(=O)Nc2ccc(Br)cc2)cc1Cl. The van der Waals surface area contributed by atoms with Gasteiger partial charge in [-0.3, -0.25) is 4.79 Å². The minimum Gasteiger partial charge on any atom is -0.492 e. The number of nitrogens with one attached hydrogen (secondary N) is 1. The first kappa shape index (κ1) is 21.7. The minimum absolute atomic E-state index is 0.00856. The van der Waals surface area contributed by atoms with Crippen LogP contribution in [-0.4, -0.2) is 38.3 Å². The Labute approximate surface area is 172 Å². The van der Waals surface area contributed by atoms with Crippen LogP contribution in [0.5, 0.6) is 5.75 Å². The number of hydrogen-bond donors (Lipinski definition) is 1. The molecule has 146 valence electrons. The fraction of sp³-hybridized carbons (Fsp3) is 0.278.